The van der Waals surface area contributed by atoms with Gasteiger partial charge in [0.15, 0.2) is 0 Å². The first kappa shape index (κ1) is 13.1. The summed E-state index contributed by atoms with van der Waals surface area (Å²) in [4.78, 5) is 0. The molecule has 0 aromatic heterocycles. The third kappa shape index (κ3) is 2.29. The fourth-order valence-corrected chi connectivity index (χ4v) is 2.59. The minimum atomic E-state index is -0.619. The van der Waals surface area contributed by atoms with Crippen LogP contribution in [-0.4, -0.2) is 5.11 Å². The van der Waals surface area contributed by atoms with E-state index >= 15 is 0 Å². The van der Waals surface area contributed by atoms with E-state index in [1.807, 2.05) is 19.1 Å². The van der Waals surface area contributed by atoms with Crippen LogP contribution in [0, 0.1) is 19.7 Å². The fourth-order valence-electron chi connectivity index (χ4n) is 2.59. The molecule has 0 amide bonds. The summed E-state index contributed by atoms with van der Waals surface area (Å²) in [6.45, 7) is 4.10. The Labute approximate surface area is 117 Å². The largest absolute Gasteiger partial charge is 0.485 e. The molecule has 3 heteroatoms. The lowest BCUT2D eigenvalue weighted by atomic mass is 9.93. The summed E-state index contributed by atoms with van der Waals surface area (Å²) in [7, 11) is 0. The van der Waals surface area contributed by atoms with E-state index < -0.39 is 6.10 Å². The highest BCUT2D eigenvalue weighted by Crippen LogP contribution is 2.41. The van der Waals surface area contributed by atoms with Crippen molar-refractivity contribution in [3.63, 3.8) is 0 Å². The molecule has 1 aliphatic heterocycles. The first-order valence-electron chi connectivity index (χ1n) is 6.76. The van der Waals surface area contributed by atoms with Crippen molar-refractivity contribution in [3.8, 4) is 5.75 Å². The van der Waals surface area contributed by atoms with Gasteiger partial charge in [-0.1, -0.05) is 18.2 Å². The van der Waals surface area contributed by atoms with E-state index in [0.717, 1.165) is 5.56 Å². The van der Waals surface area contributed by atoms with Crippen molar-refractivity contribution < 1.29 is 14.2 Å². The van der Waals surface area contributed by atoms with E-state index in [0.29, 0.717) is 17.7 Å². The van der Waals surface area contributed by atoms with Crippen molar-refractivity contribution in [1.82, 2.24) is 0 Å². The molecule has 0 fully saturated rings. The van der Waals surface area contributed by atoms with Crippen molar-refractivity contribution >= 4 is 0 Å². The summed E-state index contributed by atoms with van der Waals surface area (Å²) in [6, 6.07) is 10.4. The number of hydrogen-bond donors (Lipinski definition) is 1. The molecule has 1 unspecified atom stereocenters. The summed E-state index contributed by atoms with van der Waals surface area (Å²) < 4.78 is 19.2. The minimum absolute atomic E-state index is 0.237. The van der Waals surface area contributed by atoms with Crippen LogP contribution in [0.4, 0.5) is 4.39 Å². The molecule has 1 heterocycles. The number of aryl methyl sites for hydroxylation is 2. The van der Waals surface area contributed by atoms with Gasteiger partial charge in [-0.15, -0.1) is 0 Å². The molecule has 2 atom stereocenters. The highest BCUT2D eigenvalue weighted by Gasteiger charge is 2.28. The van der Waals surface area contributed by atoms with Crippen LogP contribution in [0.2, 0.25) is 0 Å². The lowest BCUT2D eigenvalue weighted by molar-refractivity contribution is 0.0653. The molecular formula is C17H17FO2. The van der Waals surface area contributed by atoms with E-state index in [-0.39, 0.29) is 11.9 Å². The zero-order chi connectivity index (χ0) is 14.3. The van der Waals surface area contributed by atoms with Crippen LogP contribution in [0.1, 0.15) is 40.9 Å². The number of fused-ring (bicyclic) bond motifs is 1. The number of aliphatic hydroxyl groups excluding tert-OH is 1. The normalized spacial score (nSPS) is 21.2. The van der Waals surface area contributed by atoms with Gasteiger partial charge in [0, 0.05) is 18.1 Å². The molecule has 20 heavy (non-hydrogen) atoms. The zero-order valence-electron chi connectivity index (χ0n) is 11.6. The van der Waals surface area contributed by atoms with Crippen LogP contribution in [0.25, 0.3) is 0 Å². The second-order valence-electron chi connectivity index (χ2n) is 5.38. The van der Waals surface area contributed by atoms with Gasteiger partial charge in [-0.25, -0.2) is 4.39 Å². The van der Waals surface area contributed by atoms with Crippen LogP contribution in [0.3, 0.4) is 0 Å². The summed E-state index contributed by atoms with van der Waals surface area (Å²) >= 11 is 0. The second kappa shape index (κ2) is 4.91. The minimum Gasteiger partial charge on any atom is -0.485 e. The van der Waals surface area contributed by atoms with Gasteiger partial charge >= 0.3 is 0 Å². The molecule has 2 nitrogen and oxygen atoms in total. The number of aliphatic hydroxyl groups is 1. The molecule has 0 bridgehead atoms. The smallest absolute Gasteiger partial charge is 0.128 e. The van der Waals surface area contributed by atoms with E-state index in [4.69, 9.17) is 4.74 Å². The van der Waals surface area contributed by atoms with Crippen molar-refractivity contribution in [1.29, 1.82) is 0 Å². The van der Waals surface area contributed by atoms with Crippen LogP contribution in [-0.2, 0) is 0 Å². The zero-order valence-corrected chi connectivity index (χ0v) is 11.6. The quantitative estimate of drug-likeness (QED) is 0.850. The number of halogens is 1. The van der Waals surface area contributed by atoms with Gasteiger partial charge in [0.05, 0.1) is 6.10 Å². The third-order valence-electron chi connectivity index (χ3n) is 3.94. The number of benzene rings is 2. The van der Waals surface area contributed by atoms with Crippen molar-refractivity contribution in [2.45, 2.75) is 32.5 Å². The standard InChI is InChI=1S/C17H17FO2/c1-10-3-4-12(7-11(10)2)16-9-15(19)14-6-5-13(18)8-17(14)20-16/h3-8,15-16,19H,9H2,1-2H3/t15-,16?/m0/s1. The molecule has 3 rings (SSSR count). The number of rotatable bonds is 1. The Balaban J connectivity index is 1.96. The second-order valence-corrected chi connectivity index (χ2v) is 5.38. The Morgan fingerprint density at radius 2 is 1.90 bits per heavy atom. The van der Waals surface area contributed by atoms with Crippen molar-refractivity contribution in [2.75, 3.05) is 0 Å². The van der Waals surface area contributed by atoms with Gasteiger partial charge in [0.25, 0.3) is 0 Å². The Morgan fingerprint density at radius 3 is 2.65 bits per heavy atom. The highest BCUT2D eigenvalue weighted by molar-refractivity contribution is 5.40. The molecule has 2 aromatic carbocycles. The van der Waals surface area contributed by atoms with Crippen molar-refractivity contribution in [2.24, 2.45) is 0 Å². The van der Waals surface area contributed by atoms with Crippen LogP contribution in [0.5, 0.6) is 5.75 Å². The van der Waals surface area contributed by atoms with E-state index in [1.165, 1.54) is 23.3 Å². The lowest BCUT2D eigenvalue weighted by Gasteiger charge is -2.30. The fraction of sp³-hybridized carbons (Fsp3) is 0.294. The molecule has 0 saturated carbocycles. The molecule has 0 saturated heterocycles. The van der Waals surface area contributed by atoms with Crippen LogP contribution < -0.4 is 4.74 Å². The molecule has 2 aromatic rings. The topological polar surface area (TPSA) is 29.5 Å². The molecule has 104 valence electrons. The van der Waals surface area contributed by atoms with E-state index in [1.54, 1.807) is 6.07 Å². The van der Waals surface area contributed by atoms with E-state index in [9.17, 15) is 9.50 Å². The van der Waals surface area contributed by atoms with Crippen molar-refractivity contribution in [3.05, 3.63) is 64.5 Å². The molecule has 0 aliphatic carbocycles. The SMILES string of the molecule is Cc1ccc(C2C[C@H](O)c3ccc(F)cc3O2)cc1C. The summed E-state index contributed by atoms with van der Waals surface area (Å²) in [5, 5.41) is 10.2. The van der Waals surface area contributed by atoms with Gasteiger partial charge in [0.1, 0.15) is 17.7 Å². The lowest BCUT2D eigenvalue weighted by Crippen LogP contribution is -2.19. The summed E-state index contributed by atoms with van der Waals surface area (Å²) in [6.07, 6.45) is -0.370. The Bertz CT molecular complexity index is 651. The van der Waals surface area contributed by atoms with Crippen LogP contribution in [0.15, 0.2) is 36.4 Å². The molecule has 0 radical (unpaired) electrons. The van der Waals surface area contributed by atoms with Gasteiger partial charge in [-0.3, -0.25) is 0 Å². The van der Waals surface area contributed by atoms with E-state index in [2.05, 4.69) is 13.0 Å². The Kier molecular flexibility index (Phi) is 3.22. The maximum Gasteiger partial charge on any atom is 0.128 e. The predicted molar refractivity (Wildman–Crippen MR) is 75.3 cm³/mol. The average molecular weight is 272 g/mol. The van der Waals surface area contributed by atoms with Gasteiger partial charge < -0.3 is 9.84 Å². The van der Waals surface area contributed by atoms with Gasteiger partial charge in [-0.05, 0) is 42.7 Å². The molecule has 0 spiro atoms. The third-order valence-corrected chi connectivity index (χ3v) is 3.94. The molecule has 1 N–H and O–H groups in total. The first-order chi connectivity index (χ1) is 9.54. The molecule has 1 aliphatic rings. The maximum atomic E-state index is 13.3. The first-order valence-corrected chi connectivity index (χ1v) is 6.76. The average Bonchev–Trinajstić information content (AvgIpc) is 2.41. The summed E-state index contributed by atoms with van der Waals surface area (Å²) in [5.41, 5.74) is 4.08. The summed E-state index contributed by atoms with van der Waals surface area (Å²) in [5.74, 6) is 0.0867. The monoisotopic (exact) mass is 272 g/mol. The molecular weight excluding hydrogens is 255 g/mol. The van der Waals surface area contributed by atoms with Gasteiger partial charge in [0.2, 0.25) is 0 Å². The predicted octanol–water partition coefficient (Wildman–Crippen LogP) is 4.00. The van der Waals surface area contributed by atoms with Crippen LogP contribution >= 0.6 is 0 Å². The number of hydrogen-bond acceptors (Lipinski definition) is 2. The Hall–Kier alpha value is -1.87. The maximum absolute atomic E-state index is 13.3. The Morgan fingerprint density at radius 1 is 1.10 bits per heavy atom. The number of ether oxygens (including phenoxy) is 1. The van der Waals surface area contributed by atoms with Gasteiger partial charge in [-0.2, -0.15) is 0 Å². The highest BCUT2D eigenvalue weighted by atomic mass is 19.1.